The summed E-state index contributed by atoms with van der Waals surface area (Å²) in [6, 6.07) is 7.70. The number of halogens is 1. The fourth-order valence-corrected chi connectivity index (χ4v) is 4.45. The number of aromatic nitrogens is 2. The first-order chi connectivity index (χ1) is 13.5. The summed E-state index contributed by atoms with van der Waals surface area (Å²) in [6.07, 6.45) is 4.31. The second-order valence-corrected chi connectivity index (χ2v) is 8.49. The molecule has 0 aliphatic carbocycles. The van der Waals surface area contributed by atoms with E-state index in [9.17, 15) is 4.79 Å². The van der Waals surface area contributed by atoms with Gasteiger partial charge in [0.1, 0.15) is 10.6 Å². The highest BCUT2D eigenvalue weighted by molar-refractivity contribution is 7.17. The fourth-order valence-electron chi connectivity index (χ4n) is 3.52. The molecule has 6 nitrogen and oxygen atoms in total. The number of hydrogen-bond donors (Lipinski definition) is 1. The summed E-state index contributed by atoms with van der Waals surface area (Å²) in [4.78, 5) is 24.0. The minimum Gasteiger partial charge on any atom is -0.445 e. The van der Waals surface area contributed by atoms with E-state index in [0.717, 1.165) is 30.7 Å². The van der Waals surface area contributed by atoms with Gasteiger partial charge in [-0.25, -0.2) is 9.97 Å². The highest BCUT2D eigenvalue weighted by Crippen LogP contribution is 2.30. The number of hydrogen-bond acceptors (Lipinski definition) is 6. The molecular weight excluding hydrogens is 396 g/mol. The number of carbonyl (C=O) groups is 1. The zero-order valence-corrected chi connectivity index (χ0v) is 17.1. The van der Waals surface area contributed by atoms with E-state index in [1.165, 1.54) is 11.3 Å². The maximum absolute atomic E-state index is 12.9. The molecule has 1 atom stereocenters. The molecule has 2 aromatic heterocycles. The van der Waals surface area contributed by atoms with Gasteiger partial charge in [0, 0.05) is 24.5 Å². The van der Waals surface area contributed by atoms with Crippen LogP contribution in [0.2, 0.25) is 5.02 Å². The molecule has 146 valence electrons. The predicted octanol–water partition coefficient (Wildman–Crippen LogP) is 4.29. The van der Waals surface area contributed by atoms with Crippen LogP contribution in [0.25, 0.3) is 0 Å². The van der Waals surface area contributed by atoms with E-state index < -0.39 is 0 Å². The van der Waals surface area contributed by atoms with Gasteiger partial charge in [-0.15, -0.1) is 0 Å². The van der Waals surface area contributed by atoms with Gasteiger partial charge in [-0.05, 0) is 37.5 Å². The van der Waals surface area contributed by atoms with Gasteiger partial charge in [0.2, 0.25) is 0 Å². The molecule has 0 saturated carbocycles. The first-order valence-electron chi connectivity index (χ1n) is 9.21. The molecule has 2 N–H and O–H groups in total. The zero-order valence-electron chi connectivity index (χ0n) is 15.5. The molecule has 3 aromatic rings. The van der Waals surface area contributed by atoms with Gasteiger partial charge in [0.05, 0.1) is 17.8 Å². The van der Waals surface area contributed by atoms with Crippen LogP contribution >= 0.6 is 22.9 Å². The van der Waals surface area contributed by atoms with Crippen molar-refractivity contribution in [2.45, 2.75) is 32.1 Å². The van der Waals surface area contributed by atoms with Crippen molar-refractivity contribution >= 4 is 34.0 Å². The Bertz CT molecular complexity index is 983. The number of nitrogens with two attached hydrogens (primary N) is 1. The lowest BCUT2D eigenvalue weighted by atomic mass is 9.98. The largest absolute Gasteiger partial charge is 0.445 e. The second-order valence-electron chi connectivity index (χ2n) is 7.03. The lowest BCUT2D eigenvalue weighted by Gasteiger charge is -2.31. The van der Waals surface area contributed by atoms with E-state index in [2.05, 4.69) is 9.97 Å². The smallest absolute Gasteiger partial charge is 0.265 e. The first-order valence-corrected chi connectivity index (χ1v) is 10.4. The zero-order chi connectivity index (χ0) is 19.7. The van der Waals surface area contributed by atoms with Crippen molar-refractivity contribution < 1.29 is 9.21 Å². The second kappa shape index (κ2) is 7.93. The van der Waals surface area contributed by atoms with Crippen LogP contribution < -0.4 is 5.73 Å². The molecule has 0 bridgehead atoms. The lowest BCUT2D eigenvalue weighted by Crippen LogP contribution is -2.39. The molecule has 1 saturated heterocycles. The number of oxazole rings is 1. The Balaban J connectivity index is 1.44. The van der Waals surface area contributed by atoms with Crippen LogP contribution in [-0.2, 0) is 6.42 Å². The quantitative estimate of drug-likeness (QED) is 0.685. The number of piperidine rings is 1. The summed E-state index contributed by atoms with van der Waals surface area (Å²) in [5.41, 5.74) is 7.55. The summed E-state index contributed by atoms with van der Waals surface area (Å²) in [6.45, 7) is 3.14. The molecule has 0 spiro atoms. The number of nitrogens with zero attached hydrogens (tertiary/aromatic N) is 3. The number of thiazole rings is 1. The molecule has 8 heteroatoms. The molecule has 28 heavy (non-hydrogen) atoms. The number of aryl methyl sites for hydroxylation is 1. The van der Waals surface area contributed by atoms with Crippen LogP contribution in [-0.4, -0.2) is 33.9 Å². The van der Waals surface area contributed by atoms with Crippen LogP contribution in [0.5, 0.6) is 0 Å². The molecule has 1 aliphatic heterocycles. The summed E-state index contributed by atoms with van der Waals surface area (Å²) < 4.78 is 6.01. The van der Waals surface area contributed by atoms with Gasteiger partial charge < -0.3 is 15.1 Å². The van der Waals surface area contributed by atoms with Crippen molar-refractivity contribution in [3.63, 3.8) is 0 Å². The van der Waals surface area contributed by atoms with E-state index >= 15 is 0 Å². The summed E-state index contributed by atoms with van der Waals surface area (Å²) in [5, 5.41) is 1.14. The van der Waals surface area contributed by atoms with Crippen LogP contribution in [0.4, 0.5) is 5.13 Å². The monoisotopic (exact) mass is 416 g/mol. The third-order valence-electron chi connectivity index (χ3n) is 4.93. The maximum Gasteiger partial charge on any atom is 0.265 e. The molecular formula is C20H21ClN4O2S. The van der Waals surface area contributed by atoms with Crippen LogP contribution in [0.15, 0.2) is 34.9 Å². The van der Waals surface area contributed by atoms with Gasteiger partial charge in [-0.3, -0.25) is 4.79 Å². The SMILES string of the molecule is Cc1nc(N)sc1C(=O)N1CCC[C@H](c2ncc(Cc3ccc(Cl)cc3)o2)C1. The number of benzene rings is 1. The lowest BCUT2D eigenvalue weighted by molar-refractivity contribution is 0.0702. The van der Waals surface area contributed by atoms with Gasteiger partial charge in [-0.2, -0.15) is 0 Å². The van der Waals surface area contributed by atoms with Crippen molar-refractivity contribution in [1.82, 2.24) is 14.9 Å². The molecule has 0 unspecified atom stereocenters. The van der Waals surface area contributed by atoms with E-state index in [4.69, 9.17) is 21.8 Å². The number of nitrogen functional groups attached to an aromatic ring is 1. The van der Waals surface area contributed by atoms with Crippen LogP contribution in [0, 0.1) is 6.92 Å². The Labute approximate surface area is 172 Å². The maximum atomic E-state index is 12.9. The van der Waals surface area contributed by atoms with Gasteiger partial charge >= 0.3 is 0 Å². The average molecular weight is 417 g/mol. The molecule has 3 heterocycles. The Morgan fingerprint density at radius 2 is 2.18 bits per heavy atom. The van der Waals surface area contributed by atoms with Gasteiger partial charge in [-0.1, -0.05) is 35.1 Å². The third-order valence-corrected chi connectivity index (χ3v) is 6.15. The van der Waals surface area contributed by atoms with Crippen LogP contribution in [0.3, 0.4) is 0 Å². The van der Waals surface area contributed by atoms with Crippen molar-refractivity contribution in [3.8, 4) is 0 Å². The normalized spacial score (nSPS) is 17.1. The molecule has 1 aromatic carbocycles. The first kappa shape index (κ1) is 19.0. The minimum absolute atomic E-state index is 0.00987. The Morgan fingerprint density at radius 3 is 2.89 bits per heavy atom. The number of rotatable bonds is 4. The molecule has 1 amide bonds. The minimum atomic E-state index is -0.00987. The standard InChI is InChI=1S/C20H21ClN4O2S/c1-12-17(28-20(22)24-12)19(26)25-8-2-3-14(11-25)18-23-10-16(27-18)9-13-4-6-15(21)7-5-13/h4-7,10,14H,2-3,8-9,11H2,1H3,(H2,22,24)/t14-/m0/s1. The van der Waals surface area contributed by atoms with Crippen LogP contribution in [0.1, 0.15) is 51.3 Å². The Hall–Kier alpha value is -2.38. The average Bonchev–Trinajstić information content (AvgIpc) is 3.29. The van der Waals surface area contributed by atoms with Crippen molar-refractivity contribution in [3.05, 3.63) is 63.3 Å². The topological polar surface area (TPSA) is 85.2 Å². The Kier molecular flexibility index (Phi) is 5.37. The molecule has 0 radical (unpaired) electrons. The van der Waals surface area contributed by atoms with E-state index in [1.54, 1.807) is 6.20 Å². The summed E-state index contributed by atoms with van der Waals surface area (Å²) >= 11 is 7.18. The number of anilines is 1. The number of carbonyl (C=O) groups excluding carboxylic acids is 1. The molecule has 4 rings (SSSR count). The third kappa shape index (κ3) is 4.05. The highest BCUT2D eigenvalue weighted by Gasteiger charge is 2.30. The van der Waals surface area contributed by atoms with E-state index in [1.807, 2.05) is 36.1 Å². The van der Waals surface area contributed by atoms with E-state index in [0.29, 0.717) is 39.6 Å². The van der Waals surface area contributed by atoms with Crippen molar-refractivity contribution in [2.24, 2.45) is 0 Å². The molecule has 1 fully saturated rings. The summed E-state index contributed by atoms with van der Waals surface area (Å²) in [5.74, 6) is 1.60. The number of likely N-dealkylation sites (tertiary alicyclic amines) is 1. The van der Waals surface area contributed by atoms with Crippen molar-refractivity contribution in [2.75, 3.05) is 18.8 Å². The Morgan fingerprint density at radius 1 is 1.39 bits per heavy atom. The number of amides is 1. The van der Waals surface area contributed by atoms with Gasteiger partial charge in [0.25, 0.3) is 5.91 Å². The fraction of sp³-hybridized carbons (Fsp3) is 0.350. The van der Waals surface area contributed by atoms with Crippen molar-refractivity contribution in [1.29, 1.82) is 0 Å². The van der Waals surface area contributed by atoms with Gasteiger partial charge in [0.15, 0.2) is 11.0 Å². The van der Waals surface area contributed by atoms with E-state index in [-0.39, 0.29) is 11.8 Å². The highest BCUT2D eigenvalue weighted by atomic mass is 35.5. The summed E-state index contributed by atoms with van der Waals surface area (Å²) in [7, 11) is 0. The predicted molar refractivity (Wildman–Crippen MR) is 110 cm³/mol. The molecule has 1 aliphatic rings.